The van der Waals surface area contributed by atoms with E-state index in [2.05, 4.69) is 15.6 Å². The third-order valence-corrected chi connectivity index (χ3v) is 3.66. The van der Waals surface area contributed by atoms with Gasteiger partial charge in [-0.25, -0.2) is 0 Å². The summed E-state index contributed by atoms with van der Waals surface area (Å²) < 4.78 is 5.27. The highest BCUT2D eigenvalue weighted by Crippen LogP contribution is 2.24. The number of anilines is 1. The third-order valence-electron chi connectivity index (χ3n) is 3.43. The lowest BCUT2D eigenvalue weighted by Crippen LogP contribution is -2.17. The van der Waals surface area contributed by atoms with Crippen LogP contribution in [0, 0.1) is 0 Å². The van der Waals surface area contributed by atoms with Crippen molar-refractivity contribution < 1.29 is 4.42 Å². The van der Waals surface area contributed by atoms with Crippen LogP contribution in [0.2, 0.25) is 5.02 Å². The Labute approximate surface area is 134 Å². The van der Waals surface area contributed by atoms with Crippen molar-refractivity contribution in [1.29, 1.82) is 0 Å². The Morgan fingerprint density at radius 1 is 1.14 bits per heavy atom. The van der Waals surface area contributed by atoms with Crippen LogP contribution in [0.4, 0.5) is 5.69 Å². The van der Waals surface area contributed by atoms with E-state index in [1.807, 2.05) is 36.4 Å². The molecule has 5 heteroatoms. The van der Waals surface area contributed by atoms with E-state index in [1.54, 1.807) is 12.5 Å². The van der Waals surface area contributed by atoms with Crippen molar-refractivity contribution in [3.63, 3.8) is 0 Å². The second kappa shape index (κ2) is 7.29. The summed E-state index contributed by atoms with van der Waals surface area (Å²) >= 11 is 6.00. The van der Waals surface area contributed by atoms with Gasteiger partial charge in [0.1, 0.15) is 5.76 Å². The molecular formula is C17H18ClN3O. The molecule has 0 spiro atoms. The Morgan fingerprint density at radius 2 is 2.09 bits per heavy atom. The zero-order chi connectivity index (χ0) is 15.2. The van der Waals surface area contributed by atoms with Crippen LogP contribution in [-0.2, 0) is 6.54 Å². The Kier molecular flexibility index (Phi) is 4.93. The van der Waals surface area contributed by atoms with E-state index in [9.17, 15) is 0 Å². The summed E-state index contributed by atoms with van der Waals surface area (Å²) in [6.07, 6.45) is 4.52. The zero-order valence-electron chi connectivity index (χ0n) is 12.2. The molecule has 22 heavy (non-hydrogen) atoms. The molecule has 2 aromatic heterocycles. The van der Waals surface area contributed by atoms with E-state index in [1.165, 1.54) is 0 Å². The predicted octanol–water partition coefficient (Wildman–Crippen LogP) is 4.07. The molecule has 0 fully saturated rings. The highest BCUT2D eigenvalue weighted by molar-refractivity contribution is 6.31. The van der Waals surface area contributed by atoms with E-state index in [0.717, 1.165) is 48.4 Å². The lowest BCUT2D eigenvalue weighted by Gasteiger charge is -2.10. The van der Waals surface area contributed by atoms with Crippen molar-refractivity contribution >= 4 is 28.2 Å². The Balaban J connectivity index is 1.47. The van der Waals surface area contributed by atoms with Gasteiger partial charge in [-0.15, -0.1) is 0 Å². The summed E-state index contributed by atoms with van der Waals surface area (Å²) in [5.74, 6) is 0.963. The molecule has 3 rings (SSSR count). The standard InChI is InChI=1S/C17H18ClN3O/c18-13-4-5-15-16(6-9-21-17(15)11-13)20-8-2-7-19-12-14-3-1-10-22-14/h1,3-6,9-11,19H,2,7-8,12H2,(H,20,21). The van der Waals surface area contributed by atoms with E-state index in [-0.39, 0.29) is 0 Å². The van der Waals surface area contributed by atoms with Gasteiger partial charge in [-0.2, -0.15) is 0 Å². The molecule has 0 aliphatic heterocycles. The minimum Gasteiger partial charge on any atom is -0.468 e. The maximum atomic E-state index is 6.00. The molecule has 0 saturated heterocycles. The molecule has 1 aromatic carbocycles. The topological polar surface area (TPSA) is 50.1 Å². The summed E-state index contributed by atoms with van der Waals surface area (Å²) in [4.78, 5) is 4.34. The fraction of sp³-hybridized carbons (Fsp3) is 0.235. The lowest BCUT2D eigenvalue weighted by atomic mass is 10.2. The van der Waals surface area contributed by atoms with Crippen LogP contribution in [0.5, 0.6) is 0 Å². The summed E-state index contributed by atoms with van der Waals surface area (Å²) in [5, 5.41) is 8.61. The van der Waals surface area contributed by atoms with Gasteiger partial charge in [0.25, 0.3) is 0 Å². The third kappa shape index (κ3) is 3.78. The van der Waals surface area contributed by atoms with Crippen LogP contribution in [0.1, 0.15) is 12.2 Å². The number of furan rings is 1. The highest BCUT2D eigenvalue weighted by Gasteiger charge is 2.02. The van der Waals surface area contributed by atoms with Gasteiger partial charge in [-0.05, 0) is 49.4 Å². The smallest absolute Gasteiger partial charge is 0.117 e. The van der Waals surface area contributed by atoms with Crippen molar-refractivity contribution in [1.82, 2.24) is 10.3 Å². The largest absolute Gasteiger partial charge is 0.468 e. The van der Waals surface area contributed by atoms with Gasteiger partial charge < -0.3 is 15.1 Å². The van der Waals surface area contributed by atoms with Crippen LogP contribution in [0.3, 0.4) is 0 Å². The van der Waals surface area contributed by atoms with Crippen LogP contribution in [0.25, 0.3) is 10.9 Å². The molecule has 0 radical (unpaired) electrons. The number of nitrogens with zero attached hydrogens (tertiary/aromatic N) is 1. The number of benzene rings is 1. The maximum absolute atomic E-state index is 6.00. The van der Waals surface area contributed by atoms with Crippen molar-refractivity contribution in [2.75, 3.05) is 18.4 Å². The molecule has 114 valence electrons. The van der Waals surface area contributed by atoms with E-state index in [0.29, 0.717) is 5.02 Å². The molecule has 3 aromatic rings. The number of hydrogen-bond acceptors (Lipinski definition) is 4. The number of nitrogens with one attached hydrogen (secondary N) is 2. The molecular weight excluding hydrogens is 298 g/mol. The van der Waals surface area contributed by atoms with Gasteiger partial charge in [-0.1, -0.05) is 11.6 Å². The first kappa shape index (κ1) is 14.9. The summed E-state index contributed by atoms with van der Waals surface area (Å²) in [6, 6.07) is 11.6. The Bertz CT molecular complexity index is 728. The van der Waals surface area contributed by atoms with Crippen molar-refractivity contribution in [2.24, 2.45) is 0 Å². The molecule has 2 N–H and O–H groups in total. The fourth-order valence-electron chi connectivity index (χ4n) is 2.34. The van der Waals surface area contributed by atoms with Crippen molar-refractivity contribution in [3.8, 4) is 0 Å². The van der Waals surface area contributed by atoms with Crippen LogP contribution >= 0.6 is 11.6 Å². The van der Waals surface area contributed by atoms with E-state index < -0.39 is 0 Å². The molecule has 0 aliphatic rings. The van der Waals surface area contributed by atoms with Crippen molar-refractivity contribution in [3.05, 3.63) is 59.6 Å². The second-order valence-electron chi connectivity index (χ2n) is 5.06. The van der Waals surface area contributed by atoms with Crippen LogP contribution in [0.15, 0.2) is 53.3 Å². The first-order valence-electron chi connectivity index (χ1n) is 7.34. The maximum Gasteiger partial charge on any atom is 0.117 e. The van der Waals surface area contributed by atoms with E-state index >= 15 is 0 Å². The number of aromatic nitrogens is 1. The van der Waals surface area contributed by atoms with Crippen LogP contribution < -0.4 is 10.6 Å². The van der Waals surface area contributed by atoms with Gasteiger partial charge in [0.15, 0.2) is 0 Å². The van der Waals surface area contributed by atoms with Crippen LogP contribution in [-0.4, -0.2) is 18.1 Å². The molecule has 0 aliphatic carbocycles. The first-order chi connectivity index (χ1) is 10.8. The lowest BCUT2D eigenvalue weighted by molar-refractivity contribution is 0.482. The minimum atomic E-state index is 0.708. The van der Waals surface area contributed by atoms with Gasteiger partial charge in [0.2, 0.25) is 0 Å². The Hall–Kier alpha value is -2.04. The summed E-state index contributed by atoms with van der Waals surface area (Å²) in [6.45, 7) is 2.60. The average Bonchev–Trinajstić information content (AvgIpc) is 3.03. The summed E-state index contributed by atoms with van der Waals surface area (Å²) in [5.41, 5.74) is 2.00. The van der Waals surface area contributed by atoms with Crippen molar-refractivity contribution in [2.45, 2.75) is 13.0 Å². The van der Waals surface area contributed by atoms with Gasteiger partial charge in [-0.3, -0.25) is 4.98 Å². The number of hydrogen-bond donors (Lipinski definition) is 2. The number of rotatable bonds is 7. The monoisotopic (exact) mass is 315 g/mol. The normalized spacial score (nSPS) is 11.0. The summed E-state index contributed by atoms with van der Waals surface area (Å²) in [7, 11) is 0. The zero-order valence-corrected chi connectivity index (χ0v) is 12.9. The van der Waals surface area contributed by atoms with Gasteiger partial charge in [0, 0.05) is 28.8 Å². The number of pyridine rings is 1. The average molecular weight is 316 g/mol. The Morgan fingerprint density at radius 3 is 2.95 bits per heavy atom. The molecule has 0 atom stereocenters. The SMILES string of the molecule is Clc1ccc2c(NCCCNCc3ccco3)ccnc2c1. The molecule has 2 heterocycles. The number of halogens is 1. The van der Waals surface area contributed by atoms with Gasteiger partial charge >= 0.3 is 0 Å². The molecule has 0 amide bonds. The second-order valence-corrected chi connectivity index (χ2v) is 5.49. The fourth-order valence-corrected chi connectivity index (χ4v) is 2.50. The number of fused-ring (bicyclic) bond motifs is 1. The highest BCUT2D eigenvalue weighted by atomic mass is 35.5. The predicted molar refractivity (Wildman–Crippen MR) is 90.3 cm³/mol. The van der Waals surface area contributed by atoms with Gasteiger partial charge in [0.05, 0.1) is 18.3 Å². The molecule has 0 saturated carbocycles. The molecule has 0 bridgehead atoms. The minimum absolute atomic E-state index is 0.708. The molecule has 4 nitrogen and oxygen atoms in total. The molecule has 0 unspecified atom stereocenters. The first-order valence-corrected chi connectivity index (χ1v) is 7.72. The van der Waals surface area contributed by atoms with E-state index in [4.69, 9.17) is 16.0 Å². The quantitative estimate of drug-likeness (QED) is 0.645.